The fourth-order valence-electron chi connectivity index (χ4n) is 4.89. The van der Waals surface area contributed by atoms with E-state index in [0.717, 1.165) is 42.7 Å². The van der Waals surface area contributed by atoms with Crippen LogP contribution in [0.2, 0.25) is 5.02 Å². The van der Waals surface area contributed by atoms with E-state index >= 15 is 0 Å². The van der Waals surface area contributed by atoms with E-state index in [-0.39, 0.29) is 17.8 Å². The highest BCUT2D eigenvalue weighted by molar-refractivity contribution is 9.08. The molecule has 0 aromatic heterocycles. The number of esters is 1. The minimum Gasteiger partial charge on any atom is -0.455 e. The predicted molar refractivity (Wildman–Crippen MR) is 160 cm³/mol. The molecule has 9 heteroatoms. The third kappa shape index (κ3) is 9.22. The van der Waals surface area contributed by atoms with E-state index in [0.29, 0.717) is 28.6 Å². The van der Waals surface area contributed by atoms with Gasteiger partial charge in [0.2, 0.25) is 5.78 Å². The number of hydrogen-bond acceptors (Lipinski definition) is 4. The normalized spacial score (nSPS) is 22.1. The zero-order valence-electron chi connectivity index (χ0n) is 22.4. The molecule has 4 unspecified atom stereocenters. The minimum absolute atomic E-state index is 0.133. The second-order valence-corrected chi connectivity index (χ2v) is 11.2. The SMILES string of the molecule is CBr.CCC1CC[NH+](CC(=O)C2=CCCC=C2)C[C@@H]1OC(=O)C(NS(=O)c1ccc(Cl)cc1)c1ccccc1. The van der Waals surface area contributed by atoms with Crippen LogP contribution in [-0.2, 0) is 25.3 Å². The molecule has 2 aliphatic rings. The number of halogens is 2. The lowest BCUT2D eigenvalue weighted by molar-refractivity contribution is -0.901. The van der Waals surface area contributed by atoms with Crippen LogP contribution in [0.3, 0.4) is 0 Å². The number of carbonyl (C=O) groups excluding carboxylic acids is 2. The molecule has 0 saturated carbocycles. The lowest BCUT2D eigenvalue weighted by atomic mass is 9.90. The van der Waals surface area contributed by atoms with Gasteiger partial charge in [0.1, 0.15) is 30.1 Å². The van der Waals surface area contributed by atoms with Crippen molar-refractivity contribution in [2.24, 2.45) is 5.92 Å². The summed E-state index contributed by atoms with van der Waals surface area (Å²) in [6.45, 7) is 3.94. The van der Waals surface area contributed by atoms with Crippen LogP contribution < -0.4 is 9.62 Å². The Morgan fingerprint density at radius 1 is 1.13 bits per heavy atom. The van der Waals surface area contributed by atoms with Crippen molar-refractivity contribution >= 4 is 50.3 Å². The summed E-state index contributed by atoms with van der Waals surface area (Å²) in [7, 11) is -1.65. The number of piperidine rings is 1. The summed E-state index contributed by atoms with van der Waals surface area (Å²) in [6.07, 6.45) is 9.29. The summed E-state index contributed by atoms with van der Waals surface area (Å²) in [5, 5.41) is 0.545. The number of Topliss-reactive ketones (excluding diaryl/α,β-unsaturated/α-hetero) is 1. The number of rotatable bonds is 10. The molecule has 6 nitrogen and oxygen atoms in total. The van der Waals surface area contributed by atoms with Crippen LogP contribution in [-0.4, -0.2) is 47.5 Å². The third-order valence-electron chi connectivity index (χ3n) is 7.02. The van der Waals surface area contributed by atoms with Gasteiger partial charge in [0, 0.05) is 22.9 Å². The van der Waals surface area contributed by atoms with Gasteiger partial charge in [-0.2, -0.15) is 0 Å². The van der Waals surface area contributed by atoms with E-state index in [1.54, 1.807) is 24.3 Å². The van der Waals surface area contributed by atoms with Gasteiger partial charge in [-0.3, -0.25) is 4.79 Å². The smallest absolute Gasteiger partial charge is 0.329 e. The van der Waals surface area contributed by atoms with E-state index in [1.165, 1.54) is 0 Å². The van der Waals surface area contributed by atoms with Gasteiger partial charge in [0.15, 0.2) is 6.10 Å². The number of likely N-dealkylation sites (tertiary alicyclic amines) is 1. The van der Waals surface area contributed by atoms with E-state index in [2.05, 4.69) is 27.6 Å². The Kier molecular flexibility index (Phi) is 13.1. The van der Waals surface area contributed by atoms with Crippen LogP contribution in [0.1, 0.15) is 44.2 Å². The first-order valence-corrected chi connectivity index (χ1v) is 16.4. The second kappa shape index (κ2) is 16.2. The molecule has 210 valence electrons. The third-order valence-corrected chi connectivity index (χ3v) is 8.43. The number of ketones is 1. The Morgan fingerprint density at radius 2 is 1.85 bits per heavy atom. The molecule has 2 aromatic carbocycles. The quantitative estimate of drug-likeness (QED) is 0.291. The molecule has 0 radical (unpaired) electrons. The fourth-order valence-corrected chi connectivity index (χ4v) is 5.98. The van der Waals surface area contributed by atoms with Crippen LogP contribution in [0.4, 0.5) is 0 Å². The number of alkyl halides is 1. The van der Waals surface area contributed by atoms with Crippen LogP contribution in [0.15, 0.2) is 83.3 Å². The highest BCUT2D eigenvalue weighted by Crippen LogP contribution is 2.23. The molecule has 1 aliphatic carbocycles. The Bertz CT molecular complexity index is 1170. The van der Waals surface area contributed by atoms with Crippen molar-refractivity contribution in [2.45, 2.75) is 49.6 Å². The number of nitrogens with one attached hydrogen (secondary N) is 2. The molecular weight excluding hydrogens is 600 g/mol. The molecule has 5 atom stereocenters. The highest BCUT2D eigenvalue weighted by Gasteiger charge is 2.37. The number of hydrogen-bond donors (Lipinski definition) is 2. The van der Waals surface area contributed by atoms with Gasteiger partial charge < -0.3 is 9.64 Å². The van der Waals surface area contributed by atoms with E-state index < -0.39 is 23.0 Å². The molecule has 0 bridgehead atoms. The van der Waals surface area contributed by atoms with Crippen LogP contribution >= 0.6 is 27.5 Å². The number of allylic oxidation sites excluding steroid dienone is 3. The first kappa shape index (κ1) is 31.4. The van der Waals surface area contributed by atoms with Gasteiger partial charge in [0.25, 0.3) is 0 Å². The van der Waals surface area contributed by atoms with Crippen molar-refractivity contribution in [2.75, 3.05) is 25.5 Å². The van der Waals surface area contributed by atoms with E-state index in [9.17, 15) is 13.8 Å². The molecular formula is C30H37BrClN2O4S+. The zero-order valence-corrected chi connectivity index (χ0v) is 25.6. The molecule has 4 rings (SSSR count). The van der Waals surface area contributed by atoms with Crippen LogP contribution in [0.25, 0.3) is 0 Å². The van der Waals surface area contributed by atoms with Crippen molar-refractivity contribution in [1.82, 2.24) is 4.72 Å². The maximum atomic E-state index is 13.5. The van der Waals surface area contributed by atoms with Gasteiger partial charge in [-0.15, -0.1) is 0 Å². The van der Waals surface area contributed by atoms with Crippen molar-refractivity contribution in [3.05, 3.63) is 89.0 Å². The molecule has 1 heterocycles. The fraction of sp³-hybridized carbons (Fsp3) is 0.400. The average molecular weight is 637 g/mol. The average Bonchev–Trinajstić information content (AvgIpc) is 2.98. The molecule has 1 saturated heterocycles. The first-order chi connectivity index (χ1) is 18.9. The lowest BCUT2D eigenvalue weighted by Gasteiger charge is -2.35. The van der Waals surface area contributed by atoms with Crippen molar-refractivity contribution in [3.63, 3.8) is 0 Å². The van der Waals surface area contributed by atoms with Crippen molar-refractivity contribution in [1.29, 1.82) is 0 Å². The summed E-state index contributed by atoms with van der Waals surface area (Å²) in [5.74, 6) is 1.69. The molecule has 2 aromatic rings. The molecule has 39 heavy (non-hydrogen) atoms. The number of ether oxygens (including phenoxy) is 1. The Morgan fingerprint density at radius 3 is 2.49 bits per heavy atom. The summed E-state index contributed by atoms with van der Waals surface area (Å²) < 4.78 is 22.1. The molecule has 1 aliphatic heterocycles. The monoisotopic (exact) mass is 635 g/mol. The number of benzene rings is 2. The zero-order chi connectivity index (χ0) is 28.2. The first-order valence-electron chi connectivity index (χ1n) is 13.2. The molecule has 0 amide bonds. The van der Waals surface area contributed by atoms with Gasteiger partial charge >= 0.3 is 5.97 Å². The van der Waals surface area contributed by atoms with Gasteiger partial charge in [-0.05, 0) is 54.9 Å². The molecule has 1 fully saturated rings. The highest BCUT2D eigenvalue weighted by atomic mass is 79.9. The molecule has 2 N–H and O–H groups in total. The maximum absolute atomic E-state index is 13.5. The van der Waals surface area contributed by atoms with Crippen LogP contribution in [0, 0.1) is 5.92 Å². The van der Waals surface area contributed by atoms with E-state index in [1.807, 2.05) is 54.4 Å². The topological polar surface area (TPSA) is 76.9 Å². The number of carbonyl (C=O) groups is 2. The minimum atomic E-state index is -1.65. The van der Waals surface area contributed by atoms with Crippen molar-refractivity contribution in [3.8, 4) is 0 Å². The summed E-state index contributed by atoms with van der Waals surface area (Å²) in [4.78, 5) is 28.0. The lowest BCUT2D eigenvalue weighted by Crippen LogP contribution is -3.15. The van der Waals surface area contributed by atoms with Crippen LogP contribution in [0.5, 0.6) is 0 Å². The largest absolute Gasteiger partial charge is 0.455 e. The maximum Gasteiger partial charge on any atom is 0.329 e. The number of quaternary nitrogens is 1. The standard InChI is InChI=1S/C29H33ClN2O4S.CH3Br/c1-2-21-17-18-32(19-26(33)22-9-5-3-6-10-22)20-27(21)36-29(34)28(23-11-7-4-8-12-23)31-37(35)25-15-13-24(30)14-16-25;1-2/h4-5,7-16,21,27-28,31H,2-3,6,17-20H2,1H3;1H3/p+1/t21?,27-,28?,37?;/m0./s1. The van der Waals surface area contributed by atoms with E-state index in [4.69, 9.17) is 16.3 Å². The Balaban J connectivity index is 0.00000205. The van der Waals surface area contributed by atoms with Gasteiger partial charge in [-0.25, -0.2) is 13.7 Å². The predicted octanol–water partition coefficient (Wildman–Crippen LogP) is 4.78. The summed E-state index contributed by atoms with van der Waals surface area (Å²) in [6, 6.07) is 14.9. The molecule has 0 spiro atoms. The van der Waals surface area contributed by atoms with Crippen molar-refractivity contribution < 1.29 is 23.4 Å². The second-order valence-electron chi connectivity index (χ2n) is 9.56. The summed E-state index contributed by atoms with van der Waals surface area (Å²) >= 11 is 8.91. The Labute approximate surface area is 247 Å². The van der Waals surface area contributed by atoms with Gasteiger partial charge in [-0.1, -0.05) is 83.0 Å². The summed E-state index contributed by atoms with van der Waals surface area (Å²) in [5.41, 5.74) is 1.46. The van der Waals surface area contributed by atoms with Gasteiger partial charge in [0.05, 0.1) is 11.4 Å². The Hall–Kier alpha value is -2.10.